The van der Waals surface area contributed by atoms with Crippen molar-refractivity contribution < 1.29 is 45.2 Å². The Morgan fingerprint density at radius 3 is 2.32 bits per heavy atom. The van der Waals surface area contributed by atoms with Crippen LogP contribution in [0.25, 0.3) is 0 Å². The fourth-order valence-corrected chi connectivity index (χ4v) is 7.86. The van der Waals surface area contributed by atoms with Gasteiger partial charge < -0.3 is 9.47 Å². The van der Waals surface area contributed by atoms with Crippen LogP contribution in [-0.2, 0) is 24.4 Å². The summed E-state index contributed by atoms with van der Waals surface area (Å²) in [5, 5.41) is 0. The Morgan fingerprint density at radius 2 is 1.74 bits per heavy atom. The third kappa shape index (κ3) is 7.30. The Morgan fingerprint density at radius 1 is 1.12 bits per heavy atom. The molecule has 0 heterocycles. The Labute approximate surface area is 235 Å². The number of carbonyl (C=O) groups is 2. The molecule has 0 aliphatic heterocycles. The van der Waals surface area contributed by atoms with Crippen LogP contribution >= 0.6 is 67.8 Å². The van der Waals surface area contributed by atoms with E-state index in [0.29, 0.717) is 5.56 Å². The van der Waals surface area contributed by atoms with Gasteiger partial charge in [0.2, 0.25) is 6.10 Å². The van der Waals surface area contributed by atoms with Gasteiger partial charge in [-0.15, -0.1) is 0 Å². The molecule has 2 saturated carbocycles. The van der Waals surface area contributed by atoms with Crippen molar-refractivity contribution in [1.82, 2.24) is 0 Å². The predicted octanol–water partition coefficient (Wildman–Crippen LogP) is 5.07. The van der Waals surface area contributed by atoms with Gasteiger partial charge in [0.15, 0.2) is 0 Å². The molecule has 34 heavy (non-hydrogen) atoms. The van der Waals surface area contributed by atoms with Crippen LogP contribution in [-0.4, -0.2) is 49.5 Å². The summed E-state index contributed by atoms with van der Waals surface area (Å²) in [6.07, 6.45) is -5.96. The molecule has 0 saturated heterocycles. The van der Waals surface area contributed by atoms with Crippen molar-refractivity contribution in [1.29, 1.82) is 0 Å². The number of alkyl halides is 3. The molecule has 0 aromatic heterocycles. The lowest BCUT2D eigenvalue weighted by Crippen LogP contribution is -2.40. The van der Waals surface area contributed by atoms with Gasteiger partial charge >= 0.3 is 18.1 Å². The minimum absolute atomic E-state index is 0.0315. The standard InChI is InChI=1S/C20H20F3I3O7S/c21-20(22,23)16(8-34(29,30)31)33-17(27)6-12-9-1-2-10(3-9)14(12)7-32-19(28)13-4-11(24)5-15(25)18(13)26/h4-5,9-10,12,14,16H,1-3,6-8H2,(H,29,30,31). The van der Waals surface area contributed by atoms with Crippen LogP contribution in [0.3, 0.4) is 0 Å². The van der Waals surface area contributed by atoms with Crippen LogP contribution in [0.4, 0.5) is 13.2 Å². The normalized spacial score (nSPS) is 25.3. The Bertz CT molecular complexity index is 1060. The number of hydrogen-bond acceptors (Lipinski definition) is 6. The molecule has 2 aliphatic carbocycles. The van der Waals surface area contributed by atoms with E-state index in [0.717, 1.165) is 30.0 Å². The highest BCUT2D eigenvalue weighted by Gasteiger charge is 2.50. The van der Waals surface area contributed by atoms with Gasteiger partial charge in [0, 0.05) is 17.1 Å². The first-order valence-corrected chi connectivity index (χ1v) is 15.0. The van der Waals surface area contributed by atoms with Gasteiger partial charge in [-0.25, -0.2) is 4.79 Å². The highest BCUT2D eigenvalue weighted by atomic mass is 127. The molecular weight excluding hydrogens is 822 g/mol. The molecule has 0 spiro atoms. The van der Waals surface area contributed by atoms with Gasteiger partial charge in [-0.3, -0.25) is 9.35 Å². The van der Waals surface area contributed by atoms with Crippen molar-refractivity contribution in [3.63, 3.8) is 0 Å². The number of fused-ring (bicyclic) bond motifs is 2. The number of rotatable bonds is 8. The highest BCUT2D eigenvalue weighted by molar-refractivity contribution is 14.1. The van der Waals surface area contributed by atoms with Crippen LogP contribution in [0.1, 0.15) is 36.0 Å². The first-order valence-electron chi connectivity index (χ1n) is 10.2. The number of hydrogen-bond donors (Lipinski definition) is 1. The van der Waals surface area contributed by atoms with Gasteiger partial charge in [0.1, 0.15) is 5.75 Å². The average molecular weight is 842 g/mol. The van der Waals surface area contributed by atoms with Crippen LogP contribution in [0.5, 0.6) is 0 Å². The number of esters is 2. The van der Waals surface area contributed by atoms with E-state index in [2.05, 4.69) is 72.5 Å². The van der Waals surface area contributed by atoms with Crippen LogP contribution in [0.15, 0.2) is 12.1 Å². The monoisotopic (exact) mass is 842 g/mol. The molecule has 1 N–H and O–H groups in total. The van der Waals surface area contributed by atoms with Crippen LogP contribution in [0.2, 0.25) is 0 Å². The van der Waals surface area contributed by atoms with Crippen molar-refractivity contribution >= 4 is 89.8 Å². The maximum atomic E-state index is 13.1. The zero-order valence-corrected chi connectivity index (χ0v) is 24.6. The van der Waals surface area contributed by atoms with E-state index in [1.165, 1.54) is 0 Å². The molecule has 14 heteroatoms. The topological polar surface area (TPSA) is 107 Å². The quantitative estimate of drug-likeness (QED) is 0.169. The second kappa shape index (κ2) is 11.2. The maximum absolute atomic E-state index is 13.1. The van der Waals surface area contributed by atoms with Crippen molar-refractivity contribution in [3.05, 3.63) is 28.4 Å². The van der Waals surface area contributed by atoms with Gasteiger partial charge in [-0.05, 0) is 123 Å². The summed E-state index contributed by atoms with van der Waals surface area (Å²) in [5.74, 6) is -3.73. The molecule has 1 aromatic rings. The Kier molecular flexibility index (Phi) is 9.43. The van der Waals surface area contributed by atoms with Gasteiger partial charge in [-0.2, -0.15) is 21.6 Å². The van der Waals surface area contributed by atoms with Crippen molar-refractivity contribution in [3.8, 4) is 0 Å². The zero-order chi connectivity index (χ0) is 25.4. The second-order valence-electron chi connectivity index (χ2n) is 8.48. The lowest BCUT2D eigenvalue weighted by molar-refractivity contribution is -0.216. The summed E-state index contributed by atoms with van der Waals surface area (Å²) >= 11 is 6.29. The van der Waals surface area contributed by atoms with E-state index in [4.69, 9.17) is 9.29 Å². The number of carbonyl (C=O) groups excluding carboxylic acids is 2. The van der Waals surface area contributed by atoms with Gasteiger partial charge in [0.25, 0.3) is 10.1 Å². The molecule has 190 valence electrons. The summed E-state index contributed by atoms with van der Waals surface area (Å²) < 4.78 is 82.5. The fraction of sp³-hybridized carbons (Fsp3) is 0.600. The molecule has 3 rings (SSSR count). The number of ether oxygens (including phenoxy) is 2. The third-order valence-corrected chi connectivity index (χ3v) is 10.7. The third-order valence-electron chi connectivity index (χ3n) is 6.30. The van der Waals surface area contributed by atoms with Crippen molar-refractivity contribution in [2.24, 2.45) is 23.7 Å². The summed E-state index contributed by atoms with van der Waals surface area (Å²) in [6.45, 7) is 0.0315. The molecule has 2 bridgehead atoms. The van der Waals surface area contributed by atoms with E-state index in [-0.39, 0.29) is 36.7 Å². The Hall–Kier alpha value is 0.0500. The molecule has 5 atom stereocenters. The molecule has 0 amide bonds. The minimum Gasteiger partial charge on any atom is -0.462 e. The first-order chi connectivity index (χ1) is 15.7. The largest absolute Gasteiger partial charge is 0.462 e. The smallest absolute Gasteiger partial charge is 0.426 e. The molecule has 7 nitrogen and oxygen atoms in total. The lowest BCUT2D eigenvalue weighted by atomic mass is 9.78. The van der Waals surface area contributed by atoms with Gasteiger partial charge in [-0.1, -0.05) is 0 Å². The number of benzene rings is 1. The molecular formula is C20H20F3I3O7S. The van der Waals surface area contributed by atoms with Crippen LogP contribution in [0, 0.1) is 34.4 Å². The maximum Gasteiger partial charge on any atom is 0.426 e. The van der Waals surface area contributed by atoms with E-state index in [1.54, 1.807) is 6.07 Å². The van der Waals surface area contributed by atoms with E-state index in [9.17, 15) is 31.2 Å². The molecule has 2 aliphatic rings. The van der Waals surface area contributed by atoms with E-state index < -0.39 is 40.1 Å². The fourth-order valence-electron chi connectivity index (χ4n) is 4.85. The lowest BCUT2D eigenvalue weighted by Gasteiger charge is -2.30. The summed E-state index contributed by atoms with van der Waals surface area (Å²) in [7, 11) is -5.01. The summed E-state index contributed by atoms with van der Waals surface area (Å²) in [4.78, 5) is 25.1. The second-order valence-corrected chi connectivity index (χ2v) is 13.5. The Balaban J connectivity index is 1.66. The molecule has 0 radical (unpaired) electrons. The minimum atomic E-state index is -5.14. The predicted molar refractivity (Wildman–Crippen MR) is 140 cm³/mol. The zero-order valence-electron chi connectivity index (χ0n) is 17.4. The van der Waals surface area contributed by atoms with Crippen molar-refractivity contribution in [2.45, 2.75) is 38.0 Å². The molecule has 1 aromatic carbocycles. The SMILES string of the molecule is O=C(CC1C2CCC(C2)C1COC(=O)c1cc(I)cc(I)c1I)OC(CS(=O)(=O)O)C(F)(F)F. The van der Waals surface area contributed by atoms with E-state index in [1.807, 2.05) is 6.07 Å². The molecule has 2 fully saturated rings. The first kappa shape index (κ1) is 28.6. The highest BCUT2D eigenvalue weighted by Crippen LogP contribution is 2.53. The van der Waals surface area contributed by atoms with Crippen molar-refractivity contribution in [2.75, 3.05) is 12.4 Å². The van der Waals surface area contributed by atoms with Crippen LogP contribution < -0.4 is 0 Å². The van der Waals surface area contributed by atoms with E-state index >= 15 is 0 Å². The van der Waals surface area contributed by atoms with Gasteiger partial charge in [0.05, 0.1) is 12.2 Å². The average Bonchev–Trinajstić information content (AvgIpc) is 3.28. The molecule has 5 unspecified atom stereocenters. The summed E-state index contributed by atoms with van der Waals surface area (Å²) in [6, 6.07) is 3.64. The summed E-state index contributed by atoms with van der Waals surface area (Å²) in [5.41, 5.74) is 0.425. The number of halogens is 6.